The highest BCUT2D eigenvalue weighted by atomic mass is 16.6. The third-order valence-electron chi connectivity index (χ3n) is 3.81. The Labute approximate surface area is 143 Å². The predicted octanol–water partition coefficient (Wildman–Crippen LogP) is 2.73. The molecular weight excluding hydrogens is 330 g/mol. The first-order chi connectivity index (χ1) is 11.9. The van der Waals surface area contributed by atoms with Gasteiger partial charge in [-0.25, -0.2) is 0 Å². The van der Waals surface area contributed by atoms with Crippen molar-refractivity contribution in [2.45, 2.75) is 12.3 Å². The SMILES string of the molecule is COc1ccccc1C(Cc1cc([N+](=O)[O-])cc(OC)c1O)C(=O)O. The summed E-state index contributed by atoms with van der Waals surface area (Å²) in [4.78, 5) is 22.2. The first-order valence-corrected chi connectivity index (χ1v) is 7.29. The number of aliphatic carboxylic acids is 1. The second-order valence-corrected chi connectivity index (χ2v) is 5.25. The fourth-order valence-electron chi connectivity index (χ4n) is 2.57. The van der Waals surface area contributed by atoms with Crippen LogP contribution in [-0.2, 0) is 11.2 Å². The molecule has 25 heavy (non-hydrogen) atoms. The van der Waals surface area contributed by atoms with Crippen molar-refractivity contribution in [1.29, 1.82) is 0 Å². The smallest absolute Gasteiger partial charge is 0.311 e. The zero-order chi connectivity index (χ0) is 18.6. The van der Waals surface area contributed by atoms with Crippen molar-refractivity contribution in [3.63, 3.8) is 0 Å². The van der Waals surface area contributed by atoms with E-state index < -0.39 is 16.8 Å². The Morgan fingerprint density at radius 1 is 1.20 bits per heavy atom. The predicted molar refractivity (Wildman–Crippen MR) is 88.4 cm³/mol. The number of carbonyl (C=O) groups is 1. The highest BCUT2D eigenvalue weighted by Gasteiger charge is 2.27. The molecule has 2 N–H and O–H groups in total. The number of ether oxygens (including phenoxy) is 2. The fraction of sp³-hybridized carbons (Fsp3) is 0.235. The summed E-state index contributed by atoms with van der Waals surface area (Å²) < 4.78 is 10.1. The number of carboxylic acid groups (broad SMARTS) is 1. The van der Waals surface area contributed by atoms with Crippen LogP contribution in [-0.4, -0.2) is 35.3 Å². The van der Waals surface area contributed by atoms with Gasteiger partial charge < -0.3 is 19.7 Å². The quantitative estimate of drug-likeness (QED) is 0.584. The van der Waals surface area contributed by atoms with Crippen LogP contribution >= 0.6 is 0 Å². The molecule has 1 unspecified atom stereocenters. The number of benzene rings is 2. The summed E-state index contributed by atoms with van der Waals surface area (Å²) in [6, 6.07) is 8.82. The minimum Gasteiger partial charge on any atom is -0.504 e. The molecule has 0 saturated carbocycles. The van der Waals surface area contributed by atoms with Crippen LogP contribution in [0.1, 0.15) is 17.0 Å². The molecule has 0 bridgehead atoms. The van der Waals surface area contributed by atoms with Crippen LogP contribution in [0, 0.1) is 10.1 Å². The Morgan fingerprint density at radius 3 is 2.40 bits per heavy atom. The van der Waals surface area contributed by atoms with Gasteiger partial charge in [0.2, 0.25) is 0 Å². The summed E-state index contributed by atoms with van der Waals surface area (Å²) >= 11 is 0. The third kappa shape index (κ3) is 3.79. The zero-order valence-corrected chi connectivity index (χ0v) is 13.6. The van der Waals surface area contributed by atoms with E-state index in [-0.39, 0.29) is 29.2 Å². The number of hydrogen-bond donors (Lipinski definition) is 2. The lowest BCUT2D eigenvalue weighted by molar-refractivity contribution is -0.385. The molecule has 8 nitrogen and oxygen atoms in total. The second-order valence-electron chi connectivity index (χ2n) is 5.25. The van der Waals surface area contributed by atoms with E-state index in [1.807, 2.05) is 0 Å². The van der Waals surface area contributed by atoms with E-state index in [1.165, 1.54) is 14.2 Å². The normalized spacial score (nSPS) is 11.6. The first-order valence-electron chi connectivity index (χ1n) is 7.29. The van der Waals surface area contributed by atoms with E-state index in [1.54, 1.807) is 24.3 Å². The van der Waals surface area contributed by atoms with E-state index in [0.717, 1.165) is 12.1 Å². The molecular formula is C17H17NO7. The van der Waals surface area contributed by atoms with E-state index in [9.17, 15) is 25.1 Å². The number of hydrogen-bond acceptors (Lipinski definition) is 6. The summed E-state index contributed by atoms with van der Waals surface area (Å²) in [6.07, 6.45) is -0.167. The van der Waals surface area contributed by atoms with E-state index in [0.29, 0.717) is 11.3 Å². The highest BCUT2D eigenvalue weighted by molar-refractivity contribution is 5.78. The molecule has 0 aliphatic heterocycles. The number of para-hydroxylation sites is 1. The standard InChI is InChI=1S/C17H17NO7/c1-24-14-6-4-3-5-12(14)13(17(20)21)8-10-7-11(18(22)23)9-15(25-2)16(10)19/h3-7,9,13,19H,8H2,1-2H3,(H,20,21). The summed E-state index contributed by atoms with van der Waals surface area (Å²) in [7, 11) is 2.68. The van der Waals surface area contributed by atoms with Crippen LogP contribution in [0.5, 0.6) is 17.2 Å². The van der Waals surface area contributed by atoms with Crippen molar-refractivity contribution >= 4 is 11.7 Å². The van der Waals surface area contributed by atoms with Crippen LogP contribution < -0.4 is 9.47 Å². The number of carboxylic acids is 1. The van der Waals surface area contributed by atoms with Crippen molar-refractivity contribution in [2.24, 2.45) is 0 Å². The average Bonchev–Trinajstić information content (AvgIpc) is 2.60. The average molecular weight is 347 g/mol. The molecule has 0 fully saturated rings. The maximum absolute atomic E-state index is 11.8. The van der Waals surface area contributed by atoms with Crippen LogP contribution in [0.15, 0.2) is 36.4 Å². The molecule has 2 rings (SSSR count). The van der Waals surface area contributed by atoms with Gasteiger partial charge in [-0.1, -0.05) is 18.2 Å². The molecule has 0 radical (unpaired) electrons. The molecule has 2 aromatic carbocycles. The zero-order valence-electron chi connectivity index (χ0n) is 13.6. The number of phenols is 1. The molecule has 2 aromatic rings. The van der Waals surface area contributed by atoms with Gasteiger partial charge in [0.05, 0.1) is 31.1 Å². The molecule has 132 valence electrons. The van der Waals surface area contributed by atoms with Crippen LogP contribution in [0.4, 0.5) is 5.69 Å². The summed E-state index contributed by atoms with van der Waals surface area (Å²) in [6.45, 7) is 0. The number of methoxy groups -OCH3 is 2. The molecule has 0 saturated heterocycles. The van der Waals surface area contributed by atoms with Crippen molar-refractivity contribution in [3.05, 3.63) is 57.6 Å². The van der Waals surface area contributed by atoms with E-state index in [2.05, 4.69) is 0 Å². The maximum atomic E-state index is 11.8. The van der Waals surface area contributed by atoms with E-state index >= 15 is 0 Å². The molecule has 0 heterocycles. The number of nitrogens with zero attached hydrogens (tertiary/aromatic N) is 1. The lowest BCUT2D eigenvalue weighted by Crippen LogP contribution is -2.15. The van der Waals surface area contributed by atoms with Gasteiger partial charge >= 0.3 is 5.97 Å². The van der Waals surface area contributed by atoms with Gasteiger partial charge in [-0.15, -0.1) is 0 Å². The van der Waals surface area contributed by atoms with Gasteiger partial charge in [-0.2, -0.15) is 0 Å². The Hall–Kier alpha value is -3.29. The molecule has 8 heteroatoms. The van der Waals surface area contributed by atoms with Crippen LogP contribution in [0.3, 0.4) is 0 Å². The van der Waals surface area contributed by atoms with Crippen molar-refractivity contribution < 1.29 is 29.4 Å². The minimum absolute atomic E-state index is 0.0895. The highest BCUT2D eigenvalue weighted by Crippen LogP contribution is 2.38. The molecule has 0 aliphatic rings. The summed E-state index contributed by atoms with van der Waals surface area (Å²) in [5, 5.41) is 30.9. The van der Waals surface area contributed by atoms with Gasteiger partial charge in [0.25, 0.3) is 5.69 Å². The molecule has 1 atom stereocenters. The molecule has 0 spiro atoms. The monoisotopic (exact) mass is 347 g/mol. The van der Waals surface area contributed by atoms with Gasteiger partial charge in [0.15, 0.2) is 11.5 Å². The van der Waals surface area contributed by atoms with Gasteiger partial charge in [0, 0.05) is 17.2 Å². The largest absolute Gasteiger partial charge is 0.504 e. The van der Waals surface area contributed by atoms with Gasteiger partial charge in [-0.05, 0) is 12.5 Å². The molecule has 0 aliphatic carbocycles. The topological polar surface area (TPSA) is 119 Å². The van der Waals surface area contributed by atoms with Gasteiger partial charge in [-0.3, -0.25) is 14.9 Å². The fourth-order valence-corrected chi connectivity index (χ4v) is 2.57. The lowest BCUT2D eigenvalue weighted by Gasteiger charge is -2.17. The maximum Gasteiger partial charge on any atom is 0.311 e. The Kier molecular flexibility index (Phi) is 5.43. The van der Waals surface area contributed by atoms with Crippen LogP contribution in [0.2, 0.25) is 0 Å². The second kappa shape index (κ2) is 7.52. The van der Waals surface area contributed by atoms with Crippen LogP contribution in [0.25, 0.3) is 0 Å². The lowest BCUT2D eigenvalue weighted by atomic mass is 9.90. The minimum atomic E-state index is -1.14. The number of rotatable bonds is 7. The third-order valence-corrected chi connectivity index (χ3v) is 3.81. The van der Waals surface area contributed by atoms with Crippen molar-refractivity contribution in [2.75, 3.05) is 14.2 Å². The Balaban J connectivity index is 2.52. The Morgan fingerprint density at radius 2 is 1.84 bits per heavy atom. The number of phenolic OH excluding ortho intramolecular Hbond substituents is 1. The van der Waals surface area contributed by atoms with E-state index in [4.69, 9.17) is 9.47 Å². The first kappa shape index (κ1) is 18.1. The number of nitro groups is 1. The summed E-state index contributed by atoms with van der Waals surface area (Å²) in [5.74, 6) is -2.24. The van der Waals surface area contributed by atoms with Crippen molar-refractivity contribution in [1.82, 2.24) is 0 Å². The molecule has 0 amide bonds. The van der Waals surface area contributed by atoms with Gasteiger partial charge in [0.1, 0.15) is 5.75 Å². The number of nitro benzene ring substituents is 1. The number of non-ortho nitro benzene ring substituents is 1. The Bertz CT molecular complexity index is 804. The molecule has 0 aromatic heterocycles. The summed E-state index contributed by atoms with van der Waals surface area (Å²) in [5.41, 5.74) is 0.209. The number of aromatic hydroxyl groups is 1. The van der Waals surface area contributed by atoms with Crippen molar-refractivity contribution in [3.8, 4) is 17.2 Å².